The number of aliphatic imine (C=N–C) groups is 1. The van der Waals surface area contributed by atoms with Crippen LogP contribution in [0.5, 0.6) is 0 Å². The molecule has 0 heterocycles. The number of thiocarbonyl (C=S) groups is 2. The van der Waals surface area contributed by atoms with Crippen molar-refractivity contribution in [1.29, 1.82) is 0 Å². The fourth-order valence-corrected chi connectivity index (χ4v) is 0. The monoisotopic (exact) mass is 210 g/mol. The van der Waals surface area contributed by atoms with Crippen LogP contribution in [0, 0.1) is 0 Å². The van der Waals surface area contributed by atoms with Crippen LogP contribution in [0.4, 0.5) is 0 Å². The Bertz CT molecular complexity index is 121. The molecule has 5 N–H and O–H groups in total. The molecule has 0 aliphatic rings. The topological polar surface area (TPSA) is 76.4 Å². The van der Waals surface area contributed by atoms with E-state index in [1.165, 1.54) is 7.05 Å². The van der Waals surface area contributed by atoms with Gasteiger partial charge >= 0.3 is 0 Å². The van der Waals surface area contributed by atoms with E-state index >= 15 is 0 Å². The van der Waals surface area contributed by atoms with Gasteiger partial charge in [-0.2, -0.15) is 0 Å². The van der Waals surface area contributed by atoms with Crippen molar-refractivity contribution < 1.29 is 0 Å². The van der Waals surface area contributed by atoms with E-state index in [-0.39, 0.29) is 7.43 Å². The maximum Gasteiger partial charge on any atom is 0.163 e. The van der Waals surface area contributed by atoms with E-state index in [9.17, 15) is 0 Å². The zero-order chi connectivity index (χ0) is 9.70. The van der Waals surface area contributed by atoms with E-state index in [0.717, 1.165) is 0 Å². The van der Waals surface area contributed by atoms with Crippen LogP contribution in [0.25, 0.3) is 0 Å². The molecule has 0 saturated carbocycles. The van der Waals surface area contributed by atoms with Crippen LogP contribution in [-0.2, 0) is 0 Å². The Balaban J connectivity index is -0.0000000419. The fourth-order valence-electron chi connectivity index (χ4n) is 0. The van der Waals surface area contributed by atoms with Gasteiger partial charge in [-0.25, -0.2) is 4.99 Å². The van der Waals surface area contributed by atoms with Gasteiger partial charge in [0, 0.05) is 14.1 Å². The van der Waals surface area contributed by atoms with Crippen molar-refractivity contribution in [3.8, 4) is 0 Å². The van der Waals surface area contributed by atoms with Gasteiger partial charge in [0.15, 0.2) is 5.11 Å². The van der Waals surface area contributed by atoms with Crippen molar-refractivity contribution >= 4 is 34.7 Å². The predicted molar refractivity (Wildman–Crippen MR) is 63.6 cm³/mol. The van der Waals surface area contributed by atoms with Gasteiger partial charge in [-0.3, -0.25) is 0 Å². The molecule has 0 atom stereocenters. The second kappa shape index (κ2) is 31.4. The zero-order valence-corrected chi connectivity index (χ0v) is 8.55. The van der Waals surface area contributed by atoms with E-state index < -0.39 is 0 Å². The first-order valence-corrected chi connectivity index (χ1v) is 3.51. The molecule has 0 aromatic heterocycles. The van der Waals surface area contributed by atoms with Crippen LogP contribution in [-0.4, -0.2) is 31.4 Å². The van der Waals surface area contributed by atoms with Crippen molar-refractivity contribution in [2.75, 3.05) is 21.1 Å². The smallest absolute Gasteiger partial charge is 0.163 e. The van der Waals surface area contributed by atoms with E-state index in [1.807, 2.05) is 0 Å². The number of nitrogens with zero attached hydrogens (tertiary/aromatic N) is 1. The van der Waals surface area contributed by atoms with Gasteiger partial charge in [0.1, 0.15) is 0 Å². The third-order valence-electron chi connectivity index (χ3n) is 0.338. The van der Waals surface area contributed by atoms with E-state index in [4.69, 9.17) is 5.73 Å². The minimum Gasteiger partial charge on any atom is -0.376 e. The normalized spacial score (nSPS) is 4.67. The highest BCUT2D eigenvalue weighted by Gasteiger charge is 1.66. The predicted octanol–water partition coefficient (Wildman–Crippen LogP) is 0.379. The standard InChI is InChI=1S/C2H6N2S.C2H3NS.CH5N.CH4/c1-4-2(3)5;1-3-2-4;1-2;/h1H3,(H3,3,4,5);1H3;2H2,1H3;1H4. The first-order chi connectivity index (χ1) is 5.18. The van der Waals surface area contributed by atoms with Crippen molar-refractivity contribution in [2.24, 2.45) is 16.5 Å². The average Bonchev–Trinajstić information content (AvgIpc) is 2.08. The van der Waals surface area contributed by atoms with Crippen molar-refractivity contribution in [3.05, 3.63) is 0 Å². The molecular weight excluding hydrogens is 192 g/mol. The van der Waals surface area contributed by atoms with Crippen LogP contribution in [0.15, 0.2) is 4.99 Å². The Hall–Kier alpha value is -0.550. The lowest BCUT2D eigenvalue weighted by Gasteiger charge is -1.85. The molecule has 0 aliphatic carbocycles. The second-order valence-electron chi connectivity index (χ2n) is 0.929. The Labute approximate surface area is 85.4 Å². The lowest BCUT2D eigenvalue weighted by atomic mass is 11.1. The Morgan fingerprint density at radius 1 is 1.50 bits per heavy atom. The molecule has 12 heavy (non-hydrogen) atoms. The SMILES string of the molecule is C.CN.CN=C=S.CNC(N)=S. The molecule has 0 amide bonds. The number of rotatable bonds is 0. The Morgan fingerprint density at radius 3 is 1.67 bits per heavy atom. The highest BCUT2D eigenvalue weighted by atomic mass is 32.1. The summed E-state index contributed by atoms with van der Waals surface area (Å²) in [6.45, 7) is 0. The molecule has 0 rings (SSSR count). The first kappa shape index (κ1) is 22.5. The van der Waals surface area contributed by atoms with Gasteiger partial charge in [-0.1, -0.05) is 7.43 Å². The molecular formula is C6H18N4S2. The molecule has 0 spiro atoms. The van der Waals surface area contributed by atoms with Crippen LogP contribution in [0.3, 0.4) is 0 Å². The molecule has 0 fully saturated rings. The van der Waals surface area contributed by atoms with Crippen molar-refractivity contribution in [1.82, 2.24) is 5.32 Å². The number of hydrogen-bond donors (Lipinski definition) is 3. The largest absolute Gasteiger partial charge is 0.376 e. The number of isothiocyanates is 1. The molecule has 0 unspecified atom stereocenters. The molecule has 74 valence electrons. The fraction of sp³-hybridized carbons (Fsp3) is 0.667. The zero-order valence-electron chi connectivity index (χ0n) is 6.92. The van der Waals surface area contributed by atoms with Crippen molar-refractivity contribution in [2.45, 2.75) is 7.43 Å². The summed E-state index contributed by atoms with van der Waals surface area (Å²) >= 11 is 8.50. The van der Waals surface area contributed by atoms with Crippen LogP contribution in [0.1, 0.15) is 7.43 Å². The summed E-state index contributed by atoms with van der Waals surface area (Å²) in [5.41, 5.74) is 9.41. The minimum atomic E-state index is 0. The maximum atomic E-state index is 4.91. The Kier molecular flexibility index (Phi) is 59.0. The van der Waals surface area contributed by atoms with Crippen LogP contribution >= 0.6 is 24.4 Å². The number of hydrogen-bond acceptors (Lipinski definition) is 4. The second-order valence-corrected chi connectivity index (χ2v) is 1.55. The molecule has 0 aliphatic heterocycles. The lowest BCUT2D eigenvalue weighted by Crippen LogP contribution is -2.24. The summed E-state index contributed by atoms with van der Waals surface area (Å²) in [5.74, 6) is 0. The van der Waals surface area contributed by atoms with Crippen LogP contribution < -0.4 is 16.8 Å². The molecule has 0 bridgehead atoms. The third-order valence-corrected chi connectivity index (χ3v) is 0.724. The molecule has 6 heteroatoms. The summed E-state index contributed by atoms with van der Waals surface area (Å²) in [5, 5.41) is 5.01. The highest BCUT2D eigenvalue weighted by molar-refractivity contribution is 7.80. The molecule has 0 saturated heterocycles. The maximum absolute atomic E-state index is 4.91. The van der Waals surface area contributed by atoms with Gasteiger partial charge in [0.25, 0.3) is 0 Å². The molecule has 0 aromatic rings. The van der Waals surface area contributed by atoms with Crippen LogP contribution in [0.2, 0.25) is 0 Å². The summed E-state index contributed by atoms with van der Waals surface area (Å²) < 4.78 is 0. The number of nitrogens with two attached hydrogens (primary N) is 2. The van der Waals surface area contributed by atoms with Gasteiger partial charge < -0.3 is 16.8 Å². The summed E-state index contributed by atoms with van der Waals surface area (Å²) in [4.78, 5) is 3.30. The highest BCUT2D eigenvalue weighted by Crippen LogP contribution is 1.43. The van der Waals surface area contributed by atoms with Gasteiger partial charge in [0.2, 0.25) is 0 Å². The minimum absolute atomic E-state index is 0. The number of nitrogens with one attached hydrogen (secondary N) is 1. The summed E-state index contributed by atoms with van der Waals surface area (Å²) in [7, 11) is 4.77. The first-order valence-electron chi connectivity index (χ1n) is 2.70. The summed E-state index contributed by atoms with van der Waals surface area (Å²) in [6.07, 6.45) is 0. The van der Waals surface area contributed by atoms with E-state index in [0.29, 0.717) is 5.11 Å². The van der Waals surface area contributed by atoms with Gasteiger partial charge in [0.05, 0.1) is 5.16 Å². The van der Waals surface area contributed by atoms with Crippen molar-refractivity contribution in [3.63, 3.8) is 0 Å². The summed E-state index contributed by atoms with van der Waals surface area (Å²) in [6, 6.07) is 0. The molecule has 0 radical (unpaired) electrons. The third kappa shape index (κ3) is 112. The van der Waals surface area contributed by atoms with Gasteiger partial charge in [-0.15, -0.1) is 0 Å². The average molecular weight is 210 g/mol. The van der Waals surface area contributed by atoms with E-state index in [2.05, 4.69) is 45.6 Å². The quantitative estimate of drug-likeness (QED) is 0.398. The van der Waals surface area contributed by atoms with E-state index in [1.54, 1.807) is 14.1 Å². The van der Waals surface area contributed by atoms with Gasteiger partial charge in [-0.05, 0) is 31.5 Å². The Morgan fingerprint density at radius 2 is 1.67 bits per heavy atom. The molecule has 0 aromatic carbocycles. The molecule has 4 nitrogen and oxygen atoms in total. The lowest BCUT2D eigenvalue weighted by molar-refractivity contribution is 1.18.